The minimum absolute atomic E-state index is 1.06. The second-order valence-corrected chi connectivity index (χ2v) is 7.99. The maximum Gasteiger partial charge on any atom is 0.134 e. The van der Waals surface area contributed by atoms with Crippen molar-refractivity contribution < 1.29 is 10.2 Å². The van der Waals surface area contributed by atoms with Gasteiger partial charge < -0.3 is 10.2 Å². The van der Waals surface area contributed by atoms with Crippen molar-refractivity contribution >= 4 is 8.07 Å². The second-order valence-electron chi connectivity index (χ2n) is 2.74. The first-order chi connectivity index (χ1) is 2.94. The Kier molecular flexibility index (Phi) is 1.98. The average molecular weight is 120 g/mol. The Hall–Kier alpha value is 0.137. The molecule has 0 radical (unpaired) electrons. The number of hydrogen-bond acceptors (Lipinski definition) is 2. The molecule has 0 amide bonds. The Morgan fingerprint density at radius 2 is 1.29 bits per heavy atom. The van der Waals surface area contributed by atoms with Crippen LogP contribution in [0.15, 0.2) is 0 Å². The smallest absolute Gasteiger partial charge is 0.134 e. The van der Waals surface area contributed by atoms with E-state index in [0.29, 0.717) is 0 Å². The molecule has 0 rings (SSSR count). The van der Waals surface area contributed by atoms with E-state index < -0.39 is 14.0 Å². The molecule has 0 aromatic carbocycles. The van der Waals surface area contributed by atoms with Crippen LogP contribution in [0.4, 0.5) is 0 Å². The third-order valence-corrected chi connectivity index (χ3v) is 2.32. The zero-order valence-electron chi connectivity index (χ0n) is 4.97. The van der Waals surface area contributed by atoms with E-state index in [2.05, 4.69) is 0 Å². The highest BCUT2D eigenvalue weighted by molar-refractivity contribution is 6.76. The summed E-state index contributed by atoms with van der Waals surface area (Å²) in [6, 6.07) is 0. The van der Waals surface area contributed by atoms with E-state index >= 15 is 0 Å². The fourth-order valence-corrected chi connectivity index (χ4v) is 0. The molecule has 0 bridgehead atoms. The Balaban J connectivity index is 3.54. The van der Waals surface area contributed by atoms with Crippen LogP contribution in [0.25, 0.3) is 0 Å². The molecule has 0 saturated carbocycles. The molecule has 0 fully saturated rings. The summed E-state index contributed by atoms with van der Waals surface area (Å²) in [6.07, 6.45) is 0. The molecule has 0 aromatic rings. The standard InChI is InChI=1S/C4H12O2Si/c1-7(2,3)4(5)6/h4-6H,1-3H3. The number of rotatable bonds is 1. The average Bonchev–Trinajstić information content (AvgIpc) is 1.31. The van der Waals surface area contributed by atoms with Gasteiger partial charge in [-0.1, -0.05) is 19.6 Å². The van der Waals surface area contributed by atoms with E-state index in [9.17, 15) is 0 Å². The minimum Gasteiger partial charge on any atom is -0.372 e. The summed E-state index contributed by atoms with van der Waals surface area (Å²) in [5.41, 5.74) is 0. The highest BCUT2D eigenvalue weighted by atomic mass is 28.3. The number of aliphatic hydroxyl groups is 2. The van der Waals surface area contributed by atoms with Crippen LogP contribution in [0, 0.1) is 0 Å². The van der Waals surface area contributed by atoms with Crippen molar-refractivity contribution in [2.45, 2.75) is 25.6 Å². The largest absolute Gasteiger partial charge is 0.372 e. The summed E-state index contributed by atoms with van der Waals surface area (Å²) < 4.78 is 0. The van der Waals surface area contributed by atoms with Gasteiger partial charge in [-0.2, -0.15) is 0 Å². The molecule has 2 nitrogen and oxygen atoms in total. The highest BCUT2D eigenvalue weighted by Gasteiger charge is 2.21. The predicted octanol–water partition coefficient (Wildman–Crippen LogP) is 0.174. The molecule has 3 heteroatoms. The van der Waals surface area contributed by atoms with E-state index in [1.807, 2.05) is 19.6 Å². The Labute approximate surface area is 44.8 Å². The monoisotopic (exact) mass is 120 g/mol. The van der Waals surface area contributed by atoms with Gasteiger partial charge in [0.1, 0.15) is 14.0 Å². The van der Waals surface area contributed by atoms with Crippen LogP contribution >= 0.6 is 0 Å². The second kappa shape index (κ2) is 1.94. The van der Waals surface area contributed by atoms with E-state index in [4.69, 9.17) is 10.2 Å². The summed E-state index contributed by atoms with van der Waals surface area (Å²) in [5, 5.41) is 17.0. The SMILES string of the molecule is C[Si](C)(C)C(O)O. The van der Waals surface area contributed by atoms with E-state index in [1.165, 1.54) is 0 Å². The summed E-state index contributed by atoms with van der Waals surface area (Å²) in [7, 11) is -1.62. The van der Waals surface area contributed by atoms with E-state index in [0.717, 1.165) is 0 Å². The molecule has 0 aliphatic carbocycles. The zero-order valence-corrected chi connectivity index (χ0v) is 5.97. The molecule has 44 valence electrons. The van der Waals surface area contributed by atoms with Crippen molar-refractivity contribution in [1.29, 1.82) is 0 Å². The van der Waals surface area contributed by atoms with Crippen LogP contribution in [0.3, 0.4) is 0 Å². The van der Waals surface area contributed by atoms with Crippen LogP contribution in [-0.2, 0) is 0 Å². The summed E-state index contributed by atoms with van der Waals surface area (Å²) in [5.74, 6) is -1.06. The van der Waals surface area contributed by atoms with Crippen molar-refractivity contribution in [3.05, 3.63) is 0 Å². The van der Waals surface area contributed by atoms with Gasteiger partial charge in [-0.05, 0) is 0 Å². The van der Waals surface area contributed by atoms with Crippen molar-refractivity contribution in [1.82, 2.24) is 0 Å². The van der Waals surface area contributed by atoms with Crippen molar-refractivity contribution in [2.75, 3.05) is 0 Å². The Bertz CT molecular complexity index is 55.2. The van der Waals surface area contributed by atoms with Crippen LogP contribution in [0.5, 0.6) is 0 Å². The molecular formula is C4H12O2Si. The van der Waals surface area contributed by atoms with Crippen LogP contribution in [-0.4, -0.2) is 24.2 Å². The lowest BCUT2D eigenvalue weighted by Crippen LogP contribution is -2.37. The molecule has 2 N–H and O–H groups in total. The Morgan fingerprint density at radius 1 is 1.14 bits per heavy atom. The van der Waals surface area contributed by atoms with Gasteiger partial charge in [0, 0.05) is 0 Å². The van der Waals surface area contributed by atoms with E-state index in [-0.39, 0.29) is 0 Å². The topological polar surface area (TPSA) is 40.5 Å². The molecular weight excluding hydrogens is 108 g/mol. The maximum atomic E-state index is 8.51. The highest BCUT2D eigenvalue weighted by Crippen LogP contribution is 2.02. The van der Waals surface area contributed by atoms with Crippen molar-refractivity contribution in [3.63, 3.8) is 0 Å². The zero-order chi connectivity index (χ0) is 6.08. The van der Waals surface area contributed by atoms with Crippen LogP contribution < -0.4 is 0 Å². The van der Waals surface area contributed by atoms with Gasteiger partial charge in [0.25, 0.3) is 0 Å². The molecule has 0 saturated heterocycles. The summed E-state index contributed by atoms with van der Waals surface area (Å²) in [4.78, 5) is 0. The first-order valence-electron chi connectivity index (χ1n) is 2.31. The fourth-order valence-electron chi connectivity index (χ4n) is 0. The number of hydrogen-bond donors (Lipinski definition) is 2. The molecule has 0 spiro atoms. The van der Waals surface area contributed by atoms with Gasteiger partial charge in [0.05, 0.1) is 0 Å². The first kappa shape index (κ1) is 7.14. The summed E-state index contributed by atoms with van der Waals surface area (Å²) in [6.45, 7) is 5.70. The molecule has 0 aliphatic rings. The van der Waals surface area contributed by atoms with Gasteiger partial charge in [0.2, 0.25) is 0 Å². The van der Waals surface area contributed by atoms with Crippen molar-refractivity contribution in [2.24, 2.45) is 0 Å². The fraction of sp³-hybridized carbons (Fsp3) is 1.00. The van der Waals surface area contributed by atoms with Gasteiger partial charge in [0.15, 0.2) is 0 Å². The molecule has 7 heavy (non-hydrogen) atoms. The maximum absolute atomic E-state index is 8.51. The third kappa shape index (κ3) is 2.79. The van der Waals surface area contributed by atoms with Gasteiger partial charge in [-0.25, -0.2) is 0 Å². The quantitative estimate of drug-likeness (QED) is 0.382. The van der Waals surface area contributed by atoms with Gasteiger partial charge in [-0.15, -0.1) is 0 Å². The van der Waals surface area contributed by atoms with Crippen LogP contribution in [0.1, 0.15) is 0 Å². The lowest BCUT2D eigenvalue weighted by atomic mass is 11.5. The lowest BCUT2D eigenvalue weighted by molar-refractivity contribution is 0.0223. The predicted molar refractivity (Wildman–Crippen MR) is 31.6 cm³/mol. The Morgan fingerprint density at radius 3 is 1.29 bits per heavy atom. The van der Waals surface area contributed by atoms with Crippen LogP contribution in [0.2, 0.25) is 19.6 Å². The van der Waals surface area contributed by atoms with Gasteiger partial charge >= 0.3 is 0 Å². The number of aliphatic hydroxyl groups excluding tert-OH is 1. The molecule has 0 atom stereocenters. The van der Waals surface area contributed by atoms with Gasteiger partial charge in [-0.3, -0.25) is 0 Å². The van der Waals surface area contributed by atoms with Crippen molar-refractivity contribution in [3.8, 4) is 0 Å². The minimum atomic E-state index is -1.62. The molecule has 0 heterocycles. The summed E-state index contributed by atoms with van der Waals surface area (Å²) >= 11 is 0. The molecule has 0 aromatic heterocycles. The van der Waals surface area contributed by atoms with E-state index in [1.54, 1.807) is 0 Å². The molecule has 0 unspecified atom stereocenters. The first-order valence-corrected chi connectivity index (χ1v) is 5.88. The third-order valence-electron chi connectivity index (χ3n) is 0.775. The lowest BCUT2D eigenvalue weighted by Gasteiger charge is -2.16. The molecule has 0 aliphatic heterocycles. The normalized spacial score (nSPS) is 12.9.